The molecule has 134 valence electrons. The minimum atomic E-state index is -4.58. The average Bonchev–Trinajstić information content (AvgIpc) is 3.25. The van der Waals surface area contributed by atoms with Crippen LogP contribution in [0.25, 0.3) is 0 Å². The van der Waals surface area contributed by atoms with Crippen LogP contribution in [-0.4, -0.2) is 40.0 Å². The number of carbonyl (C=O) groups is 2. The van der Waals surface area contributed by atoms with Gasteiger partial charge < -0.3 is 10.2 Å². The number of aromatic nitrogens is 2. The van der Waals surface area contributed by atoms with E-state index in [2.05, 4.69) is 15.5 Å². The second-order valence-corrected chi connectivity index (χ2v) is 7.37. The molecule has 2 amide bonds. The fourth-order valence-electron chi connectivity index (χ4n) is 2.50. The largest absolute Gasteiger partial charge is 0.445 e. The summed E-state index contributed by atoms with van der Waals surface area (Å²) in [6.45, 7) is 0.859. The summed E-state index contributed by atoms with van der Waals surface area (Å²) in [6.07, 6.45) is -3.67. The van der Waals surface area contributed by atoms with Gasteiger partial charge in [-0.05, 0) is 24.3 Å². The molecule has 3 heterocycles. The fourth-order valence-corrected chi connectivity index (χ4v) is 3.80. The predicted molar refractivity (Wildman–Crippen MR) is 86.5 cm³/mol. The number of nitrogens with zero attached hydrogens (tertiary/aromatic N) is 3. The molecular formula is C14H13F3N4O2S2. The highest BCUT2D eigenvalue weighted by Gasteiger charge is 2.36. The highest BCUT2D eigenvalue weighted by atomic mass is 32.1. The number of likely N-dealkylation sites (tertiary alicyclic amines) is 1. The average molecular weight is 390 g/mol. The highest BCUT2D eigenvalue weighted by Crippen LogP contribution is 2.33. The molecule has 2 aromatic heterocycles. The van der Waals surface area contributed by atoms with Gasteiger partial charge >= 0.3 is 6.18 Å². The summed E-state index contributed by atoms with van der Waals surface area (Å²) in [6, 6.07) is 3.55. The standard InChI is InChI=1S/C14H13F3N4O2S2/c15-14(16,17)12-19-20-13(25-12)18-10(22)8-3-5-21(6-4-8)11(23)9-2-1-7-24-9/h1-2,7-8H,3-6H2,(H,18,20,22). The van der Waals surface area contributed by atoms with Crippen molar-refractivity contribution >= 4 is 39.6 Å². The van der Waals surface area contributed by atoms with Crippen LogP contribution in [0, 0.1) is 5.92 Å². The van der Waals surface area contributed by atoms with Gasteiger partial charge in [-0.3, -0.25) is 9.59 Å². The minimum Gasteiger partial charge on any atom is -0.338 e. The van der Waals surface area contributed by atoms with Crippen molar-refractivity contribution in [3.05, 3.63) is 27.4 Å². The maximum atomic E-state index is 12.5. The summed E-state index contributed by atoms with van der Waals surface area (Å²) in [7, 11) is 0. The van der Waals surface area contributed by atoms with Crippen molar-refractivity contribution in [3.8, 4) is 0 Å². The Bertz CT molecular complexity index is 752. The summed E-state index contributed by atoms with van der Waals surface area (Å²) in [5.74, 6) is -0.827. The van der Waals surface area contributed by atoms with E-state index in [0.29, 0.717) is 42.1 Å². The van der Waals surface area contributed by atoms with Crippen molar-refractivity contribution < 1.29 is 22.8 Å². The number of thiophene rings is 1. The van der Waals surface area contributed by atoms with E-state index < -0.39 is 17.1 Å². The van der Waals surface area contributed by atoms with E-state index in [1.165, 1.54) is 11.3 Å². The Morgan fingerprint density at radius 1 is 1.24 bits per heavy atom. The molecule has 0 aliphatic carbocycles. The van der Waals surface area contributed by atoms with E-state index in [-0.39, 0.29) is 17.0 Å². The SMILES string of the molecule is O=C(Nc1nnc(C(F)(F)F)s1)C1CCN(C(=O)c2cccs2)CC1. The molecular weight excluding hydrogens is 377 g/mol. The van der Waals surface area contributed by atoms with E-state index in [1.807, 2.05) is 5.38 Å². The van der Waals surface area contributed by atoms with Crippen LogP contribution in [0.3, 0.4) is 0 Å². The molecule has 3 rings (SSSR count). The number of anilines is 1. The van der Waals surface area contributed by atoms with Crippen LogP contribution in [-0.2, 0) is 11.0 Å². The maximum Gasteiger partial charge on any atom is 0.445 e. The number of alkyl halides is 3. The second kappa shape index (κ2) is 7.08. The number of carbonyl (C=O) groups excluding carboxylic acids is 2. The number of rotatable bonds is 3. The van der Waals surface area contributed by atoms with E-state index in [4.69, 9.17) is 0 Å². The molecule has 0 aromatic carbocycles. The van der Waals surface area contributed by atoms with Crippen molar-refractivity contribution in [2.24, 2.45) is 5.92 Å². The number of nitrogens with one attached hydrogen (secondary N) is 1. The van der Waals surface area contributed by atoms with Crippen LogP contribution in [0.5, 0.6) is 0 Å². The molecule has 0 unspecified atom stereocenters. The zero-order valence-corrected chi connectivity index (χ0v) is 14.4. The van der Waals surface area contributed by atoms with Gasteiger partial charge in [0.05, 0.1) is 4.88 Å². The zero-order chi connectivity index (χ0) is 18.0. The van der Waals surface area contributed by atoms with Crippen LogP contribution in [0.2, 0.25) is 0 Å². The first-order valence-corrected chi connectivity index (χ1v) is 9.08. The van der Waals surface area contributed by atoms with Crippen LogP contribution in [0.4, 0.5) is 18.3 Å². The van der Waals surface area contributed by atoms with Crippen molar-refractivity contribution in [1.82, 2.24) is 15.1 Å². The highest BCUT2D eigenvalue weighted by molar-refractivity contribution is 7.15. The minimum absolute atomic E-state index is 0.0622. The molecule has 11 heteroatoms. The number of hydrogen-bond acceptors (Lipinski definition) is 6. The van der Waals surface area contributed by atoms with E-state index in [1.54, 1.807) is 17.0 Å². The number of halogens is 3. The lowest BCUT2D eigenvalue weighted by Crippen LogP contribution is -2.41. The monoisotopic (exact) mass is 390 g/mol. The van der Waals surface area contributed by atoms with Crippen molar-refractivity contribution in [1.29, 1.82) is 0 Å². The Labute approximate surface area is 148 Å². The molecule has 6 nitrogen and oxygen atoms in total. The Morgan fingerprint density at radius 2 is 1.96 bits per heavy atom. The Kier molecular flexibility index (Phi) is 5.04. The summed E-state index contributed by atoms with van der Waals surface area (Å²) >= 11 is 1.66. The lowest BCUT2D eigenvalue weighted by Gasteiger charge is -2.30. The van der Waals surface area contributed by atoms with Gasteiger partial charge in [0.2, 0.25) is 16.0 Å². The molecule has 1 fully saturated rings. The third kappa shape index (κ3) is 4.15. The molecule has 0 atom stereocenters. The normalized spacial score (nSPS) is 16.0. The maximum absolute atomic E-state index is 12.5. The predicted octanol–water partition coefficient (Wildman–Crippen LogP) is 3.11. The third-order valence-corrected chi connectivity index (χ3v) is 5.52. The molecule has 1 aliphatic rings. The van der Waals surface area contributed by atoms with Gasteiger partial charge in [0.15, 0.2) is 0 Å². The molecule has 0 spiro atoms. The van der Waals surface area contributed by atoms with E-state index >= 15 is 0 Å². The van der Waals surface area contributed by atoms with Gasteiger partial charge in [0.1, 0.15) is 0 Å². The lowest BCUT2D eigenvalue weighted by atomic mass is 9.96. The van der Waals surface area contributed by atoms with Gasteiger partial charge in [-0.2, -0.15) is 13.2 Å². The summed E-state index contributed by atoms with van der Waals surface area (Å²) in [4.78, 5) is 26.7. The first-order chi connectivity index (χ1) is 11.8. The Balaban J connectivity index is 1.53. The lowest BCUT2D eigenvalue weighted by molar-refractivity contribution is -0.138. The first-order valence-electron chi connectivity index (χ1n) is 7.39. The van der Waals surface area contributed by atoms with Crippen LogP contribution in [0.15, 0.2) is 17.5 Å². The van der Waals surface area contributed by atoms with Gasteiger partial charge in [-0.15, -0.1) is 21.5 Å². The zero-order valence-electron chi connectivity index (χ0n) is 12.7. The van der Waals surface area contributed by atoms with Gasteiger partial charge in [-0.25, -0.2) is 0 Å². The topological polar surface area (TPSA) is 75.2 Å². The van der Waals surface area contributed by atoms with Crippen LogP contribution in [0.1, 0.15) is 27.5 Å². The molecule has 1 aliphatic heterocycles. The molecule has 0 saturated carbocycles. The van der Waals surface area contributed by atoms with Crippen molar-refractivity contribution in [2.75, 3.05) is 18.4 Å². The second-order valence-electron chi connectivity index (χ2n) is 5.44. The molecule has 1 N–H and O–H groups in total. The third-order valence-electron chi connectivity index (χ3n) is 3.78. The van der Waals surface area contributed by atoms with E-state index in [0.717, 1.165) is 0 Å². The first kappa shape index (κ1) is 17.8. The van der Waals surface area contributed by atoms with Crippen LogP contribution >= 0.6 is 22.7 Å². The van der Waals surface area contributed by atoms with Crippen molar-refractivity contribution in [3.63, 3.8) is 0 Å². The van der Waals surface area contributed by atoms with Gasteiger partial charge in [-0.1, -0.05) is 17.4 Å². The number of amides is 2. The summed E-state index contributed by atoms with van der Waals surface area (Å²) in [5, 5.41) is 9.31. The van der Waals surface area contributed by atoms with Crippen LogP contribution < -0.4 is 5.32 Å². The quantitative estimate of drug-likeness (QED) is 0.874. The van der Waals surface area contributed by atoms with E-state index in [9.17, 15) is 22.8 Å². The Morgan fingerprint density at radius 3 is 2.52 bits per heavy atom. The number of piperidine rings is 1. The Hall–Kier alpha value is -2.01. The molecule has 25 heavy (non-hydrogen) atoms. The summed E-state index contributed by atoms with van der Waals surface area (Å²) in [5.41, 5.74) is 0. The van der Waals surface area contributed by atoms with Gasteiger partial charge in [0.25, 0.3) is 5.91 Å². The molecule has 1 saturated heterocycles. The molecule has 0 bridgehead atoms. The summed E-state index contributed by atoms with van der Waals surface area (Å²) < 4.78 is 37.5. The van der Waals surface area contributed by atoms with Gasteiger partial charge in [0, 0.05) is 19.0 Å². The molecule has 0 radical (unpaired) electrons. The number of hydrogen-bond donors (Lipinski definition) is 1. The smallest absolute Gasteiger partial charge is 0.338 e. The van der Waals surface area contributed by atoms with Crippen molar-refractivity contribution in [2.45, 2.75) is 19.0 Å². The molecule has 2 aromatic rings. The fraction of sp³-hybridized carbons (Fsp3) is 0.429.